The third kappa shape index (κ3) is 4.00. The van der Waals surface area contributed by atoms with E-state index >= 15 is 0 Å². The lowest BCUT2D eigenvalue weighted by molar-refractivity contribution is 0.261. The van der Waals surface area contributed by atoms with Gasteiger partial charge in [0.1, 0.15) is 12.4 Å². The van der Waals surface area contributed by atoms with E-state index in [9.17, 15) is 0 Å². The normalized spacial score (nSPS) is 17.1. The molecule has 1 heterocycles. The van der Waals surface area contributed by atoms with Gasteiger partial charge in [0.05, 0.1) is 0 Å². The number of benzene rings is 1. The minimum atomic E-state index is 0.724. The largest absolute Gasteiger partial charge is 0.492 e. The maximum atomic E-state index is 5.71. The van der Waals surface area contributed by atoms with E-state index in [1.165, 1.54) is 18.4 Å². The van der Waals surface area contributed by atoms with Crippen LogP contribution in [0.3, 0.4) is 0 Å². The van der Waals surface area contributed by atoms with Crippen LogP contribution in [0.25, 0.3) is 0 Å². The van der Waals surface area contributed by atoms with Crippen LogP contribution in [0.15, 0.2) is 24.3 Å². The molecule has 0 saturated carbocycles. The van der Waals surface area contributed by atoms with Crippen LogP contribution in [0.2, 0.25) is 0 Å². The van der Waals surface area contributed by atoms with Crippen molar-refractivity contribution < 1.29 is 4.74 Å². The first kappa shape index (κ1) is 13.4. The van der Waals surface area contributed by atoms with Crippen LogP contribution < -0.4 is 10.1 Å². The van der Waals surface area contributed by atoms with E-state index in [0.29, 0.717) is 0 Å². The first-order chi connectivity index (χ1) is 8.75. The van der Waals surface area contributed by atoms with Gasteiger partial charge in [-0.15, -0.1) is 0 Å². The SMILES string of the molecule is CN(C)CCOc1ccc(C2CCNCC2)cc1. The van der Waals surface area contributed by atoms with Gasteiger partial charge in [0.25, 0.3) is 0 Å². The number of nitrogens with one attached hydrogen (secondary N) is 1. The van der Waals surface area contributed by atoms with Crippen LogP contribution in [-0.4, -0.2) is 45.2 Å². The average molecular weight is 248 g/mol. The van der Waals surface area contributed by atoms with Gasteiger partial charge in [-0.3, -0.25) is 0 Å². The number of rotatable bonds is 5. The predicted octanol–water partition coefficient (Wildman–Crippen LogP) is 2.09. The van der Waals surface area contributed by atoms with Crippen molar-refractivity contribution in [3.05, 3.63) is 29.8 Å². The van der Waals surface area contributed by atoms with Crippen molar-refractivity contribution in [3.63, 3.8) is 0 Å². The molecule has 0 amide bonds. The number of hydrogen-bond donors (Lipinski definition) is 1. The van der Waals surface area contributed by atoms with E-state index in [-0.39, 0.29) is 0 Å². The lowest BCUT2D eigenvalue weighted by atomic mass is 9.90. The Bertz CT molecular complexity index is 342. The molecule has 0 radical (unpaired) electrons. The first-order valence-electron chi connectivity index (χ1n) is 6.84. The molecule has 18 heavy (non-hydrogen) atoms. The van der Waals surface area contributed by atoms with Crippen LogP contribution in [0.5, 0.6) is 5.75 Å². The second-order valence-electron chi connectivity index (χ2n) is 5.25. The monoisotopic (exact) mass is 248 g/mol. The van der Waals surface area contributed by atoms with Gasteiger partial charge in [-0.05, 0) is 63.6 Å². The Labute approximate surface area is 110 Å². The van der Waals surface area contributed by atoms with Gasteiger partial charge in [0.15, 0.2) is 0 Å². The standard InChI is InChI=1S/C15H24N2O/c1-17(2)11-12-18-15-5-3-13(4-6-15)14-7-9-16-10-8-14/h3-6,14,16H,7-12H2,1-2H3. The summed E-state index contributed by atoms with van der Waals surface area (Å²) in [5.74, 6) is 1.71. The summed E-state index contributed by atoms with van der Waals surface area (Å²) in [5.41, 5.74) is 1.46. The maximum Gasteiger partial charge on any atom is 0.119 e. The van der Waals surface area contributed by atoms with E-state index in [4.69, 9.17) is 4.74 Å². The van der Waals surface area contributed by atoms with Crippen molar-refractivity contribution in [3.8, 4) is 5.75 Å². The van der Waals surface area contributed by atoms with Gasteiger partial charge in [0.2, 0.25) is 0 Å². The zero-order valence-corrected chi connectivity index (χ0v) is 11.5. The Kier molecular flexibility index (Phi) is 5.02. The molecule has 1 saturated heterocycles. The predicted molar refractivity (Wildman–Crippen MR) is 75.3 cm³/mol. The highest BCUT2D eigenvalue weighted by Gasteiger charge is 2.14. The minimum absolute atomic E-state index is 0.724. The van der Waals surface area contributed by atoms with E-state index in [1.54, 1.807) is 0 Å². The van der Waals surface area contributed by atoms with Gasteiger partial charge in [0, 0.05) is 6.54 Å². The smallest absolute Gasteiger partial charge is 0.119 e. The molecule has 1 aliphatic heterocycles. The fourth-order valence-corrected chi connectivity index (χ4v) is 2.34. The van der Waals surface area contributed by atoms with Crippen LogP contribution >= 0.6 is 0 Å². The first-order valence-corrected chi connectivity index (χ1v) is 6.84. The van der Waals surface area contributed by atoms with E-state index in [2.05, 4.69) is 48.6 Å². The van der Waals surface area contributed by atoms with Crippen molar-refractivity contribution in [1.82, 2.24) is 10.2 Å². The van der Waals surface area contributed by atoms with Crippen molar-refractivity contribution in [2.24, 2.45) is 0 Å². The average Bonchev–Trinajstić information content (AvgIpc) is 2.40. The topological polar surface area (TPSA) is 24.5 Å². The third-order valence-corrected chi connectivity index (χ3v) is 3.50. The van der Waals surface area contributed by atoms with Gasteiger partial charge in [-0.1, -0.05) is 12.1 Å². The highest BCUT2D eigenvalue weighted by molar-refractivity contribution is 5.29. The molecule has 0 atom stereocenters. The molecule has 0 unspecified atom stereocenters. The second kappa shape index (κ2) is 6.76. The van der Waals surface area contributed by atoms with Crippen molar-refractivity contribution in [2.45, 2.75) is 18.8 Å². The molecule has 3 heteroatoms. The van der Waals surface area contributed by atoms with E-state index in [1.807, 2.05) is 0 Å². The molecule has 1 fully saturated rings. The molecule has 2 rings (SSSR count). The molecule has 1 aromatic rings. The van der Waals surface area contributed by atoms with Crippen molar-refractivity contribution in [2.75, 3.05) is 40.3 Å². The molecule has 1 N–H and O–H groups in total. The fourth-order valence-electron chi connectivity index (χ4n) is 2.34. The summed E-state index contributed by atoms with van der Waals surface area (Å²) in [6.07, 6.45) is 2.50. The molecule has 1 aliphatic rings. The van der Waals surface area contributed by atoms with Crippen LogP contribution in [-0.2, 0) is 0 Å². The van der Waals surface area contributed by atoms with E-state index in [0.717, 1.165) is 37.9 Å². The molecule has 0 aliphatic carbocycles. The summed E-state index contributed by atoms with van der Waals surface area (Å²) in [6, 6.07) is 8.65. The number of piperidine rings is 1. The minimum Gasteiger partial charge on any atom is -0.492 e. The number of likely N-dealkylation sites (N-methyl/N-ethyl adjacent to an activating group) is 1. The summed E-state index contributed by atoms with van der Waals surface area (Å²) < 4.78 is 5.71. The highest BCUT2D eigenvalue weighted by atomic mass is 16.5. The lowest BCUT2D eigenvalue weighted by Crippen LogP contribution is -2.26. The highest BCUT2D eigenvalue weighted by Crippen LogP contribution is 2.26. The van der Waals surface area contributed by atoms with Crippen LogP contribution in [0.4, 0.5) is 0 Å². The van der Waals surface area contributed by atoms with Crippen molar-refractivity contribution in [1.29, 1.82) is 0 Å². The van der Waals surface area contributed by atoms with E-state index < -0.39 is 0 Å². The zero-order valence-electron chi connectivity index (χ0n) is 11.5. The quantitative estimate of drug-likeness (QED) is 0.863. The Morgan fingerprint density at radius 3 is 2.44 bits per heavy atom. The van der Waals surface area contributed by atoms with Gasteiger partial charge in [-0.25, -0.2) is 0 Å². The fraction of sp³-hybridized carbons (Fsp3) is 0.600. The van der Waals surface area contributed by atoms with Gasteiger partial charge >= 0.3 is 0 Å². The van der Waals surface area contributed by atoms with Gasteiger partial charge in [-0.2, -0.15) is 0 Å². The second-order valence-corrected chi connectivity index (χ2v) is 5.25. The number of hydrogen-bond acceptors (Lipinski definition) is 3. The zero-order chi connectivity index (χ0) is 12.8. The molecular weight excluding hydrogens is 224 g/mol. The molecule has 100 valence electrons. The summed E-state index contributed by atoms with van der Waals surface area (Å²) in [4.78, 5) is 2.13. The molecular formula is C15H24N2O. The molecule has 1 aromatic carbocycles. The van der Waals surface area contributed by atoms with Crippen LogP contribution in [0.1, 0.15) is 24.3 Å². The summed E-state index contributed by atoms with van der Waals surface area (Å²) in [6.45, 7) is 3.99. The Morgan fingerprint density at radius 1 is 1.17 bits per heavy atom. The lowest BCUT2D eigenvalue weighted by Gasteiger charge is -2.23. The Balaban J connectivity index is 1.84. The number of nitrogens with zero attached hydrogens (tertiary/aromatic N) is 1. The summed E-state index contributed by atoms with van der Waals surface area (Å²) in [7, 11) is 4.12. The summed E-state index contributed by atoms with van der Waals surface area (Å²) in [5, 5.41) is 3.40. The molecule has 0 aromatic heterocycles. The third-order valence-electron chi connectivity index (χ3n) is 3.50. The molecule has 0 bridgehead atoms. The Morgan fingerprint density at radius 2 is 1.83 bits per heavy atom. The van der Waals surface area contributed by atoms with Gasteiger partial charge < -0.3 is 15.0 Å². The maximum absolute atomic E-state index is 5.71. The van der Waals surface area contributed by atoms with Crippen molar-refractivity contribution >= 4 is 0 Å². The molecule has 0 spiro atoms. The summed E-state index contributed by atoms with van der Waals surface area (Å²) >= 11 is 0. The Hall–Kier alpha value is -1.06. The number of ether oxygens (including phenoxy) is 1. The van der Waals surface area contributed by atoms with Crippen LogP contribution in [0, 0.1) is 0 Å². The molecule has 3 nitrogen and oxygen atoms in total.